The highest BCUT2D eigenvalue weighted by molar-refractivity contribution is 5.62. The van der Waals surface area contributed by atoms with Gasteiger partial charge in [-0.2, -0.15) is 13.2 Å². The van der Waals surface area contributed by atoms with Crippen molar-refractivity contribution in [1.82, 2.24) is 14.7 Å². The summed E-state index contributed by atoms with van der Waals surface area (Å²) in [7, 11) is 0. The van der Waals surface area contributed by atoms with Gasteiger partial charge in [-0.1, -0.05) is 42.4 Å². The first kappa shape index (κ1) is 22.4. The van der Waals surface area contributed by atoms with Crippen LogP contribution in [-0.2, 0) is 19.1 Å². The van der Waals surface area contributed by atoms with Crippen molar-refractivity contribution >= 4 is 0 Å². The van der Waals surface area contributed by atoms with Crippen molar-refractivity contribution in [2.75, 3.05) is 0 Å². The van der Waals surface area contributed by atoms with Crippen LogP contribution in [0.5, 0.6) is 0 Å². The number of alkyl halides is 3. The second-order valence-electron chi connectivity index (χ2n) is 7.53. The molecule has 0 saturated carbocycles. The smallest absolute Gasteiger partial charge is 0.359 e. The maximum Gasteiger partial charge on any atom is 0.419 e. The minimum absolute atomic E-state index is 0.00335. The fraction of sp³-hybridized carbons (Fsp3) is 0.208. The Bertz CT molecular complexity index is 1360. The minimum Gasteiger partial charge on any atom is -0.359 e. The van der Waals surface area contributed by atoms with Gasteiger partial charge in [-0.25, -0.2) is 9.37 Å². The highest BCUT2D eigenvalue weighted by Gasteiger charge is 2.35. The van der Waals surface area contributed by atoms with E-state index in [1.807, 2.05) is 37.3 Å². The van der Waals surface area contributed by atoms with Crippen molar-refractivity contribution in [2.45, 2.75) is 33.0 Å². The molecule has 9 heteroatoms. The molecule has 0 atom stereocenters. The van der Waals surface area contributed by atoms with E-state index in [0.29, 0.717) is 24.0 Å². The van der Waals surface area contributed by atoms with Crippen molar-refractivity contribution in [3.05, 3.63) is 93.5 Å². The molecule has 170 valence electrons. The summed E-state index contributed by atoms with van der Waals surface area (Å²) in [6.07, 6.45) is -4.37. The van der Waals surface area contributed by atoms with E-state index in [4.69, 9.17) is 4.52 Å². The van der Waals surface area contributed by atoms with Gasteiger partial charge in [-0.15, -0.1) is 0 Å². The third-order valence-electron chi connectivity index (χ3n) is 5.20. The van der Waals surface area contributed by atoms with Gasteiger partial charge in [0, 0.05) is 29.7 Å². The number of aromatic nitrogens is 3. The fourth-order valence-corrected chi connectivity index (χ4v) is 3.55. The lowest BCUT2D eigenvalue weighted by molar-refractivity contribution is -0.140. The van der Waals surface area contributed by atoms with Crippen LogP contribution < -0.4 is 5.56 Å². The second kappa shape index (κ2) is 8.65. The third kappa shape index (κ3) is 4.57. The molecule has 2 heterocycles. The highest BCUT2D eigenvalue weighted by Crippen LogP contribution is 2.35. The van der Waals surface area contributed by atoms with Crippen molar-refractivity contribution in [3.8, 4) is 22.5 Å². The van der Waals surface area contributed by atoms with Gasteiger partial charge in [0.25, 0.3) is 5.56 Å². The lowest BCUT2D eigenvalue weighted by Gasteiger charge is -2.11. The number of rotatable bonds is 5. The molecule has 0 fully saturated rings. The summed E-state index contributed by atoms with van der Waals surface area (Å²) in [6.45, 7) is 3.12. The Morgan fingerprint density at radius 2 is 1.73 bits per heavy atom. The highest BCUT2D eigenvalue weighted by atomic mass is 19.4. The molecule has 4 rings (SSSR count). The van der Waals surface area contributed by atoms with E-state index in [9.17, 15) is 22.4 Å². The van der Waals surface area contributed by atoms with Crippen molar-refractivity contribution in [3.63, 3.8) is 0 Å². The van der Waals surface area contributed by atoms with Crippen molar-refractivity contribution in [1.29, 1.82) is 0 Å². The molecular weight excluding hydrogens is 438 g/mol. The van der Waals surface area contributed by atoms with Crippen LogP contribution in [0.25, 0.3) is 22.5 Å². The normalized spacial score (nSPS) is 11.7. The Balaban J connectivity index is 1.68. The zero-order valence-electron chi connectivity index (χ0n) is 17.8. The van der Waals surface area contributed by atoms with Crippen molar-refractivity contribution in [2.24, 2.45) is 0 Å². The molecule has 0 bridgehead atoms. The summed E-state index contributed by atoms with van der Waals surface area (Å²) in [6, 6.07) is 14.1. The van der Waals surface area contributed by atoms with Crippen LogP contribution in [0.2, 0.25) is 0 Å². The summed E-state index contributed by atoms with van der Waals surface area (Å²) < 4.78 is 60.2. The number of benzene rings is 2. The molecule has 0 aliphatic carbocycles. The van der Waals surface area contributed by atoms with Crippen LogP contribution in [0.4, 0.5) is 17.6 Å². The van der Waals surface area contributed by atoms with Gasteiger partial charge in [0.15, 0.2) is 5.76 Å². The Kier molecular flexibility index (Phi) is 5.88. The van der Waals surface area contributed by atoms with Gasteiger partial charge in [-0.3, -0.25) is 9.36 Å². The monoisotopic (exact) mass is 457 g/mol. The second-order valence-corrected chi connectivity index (χ2v) is 7.53. The molecular formula is C24H19F4N3O2. The van der Waals surface area contributed by atoms with E-state index in [0.717, 1.165) is 5.56 Å². The number of nitrogens with zero attached hydrogens (tertiary/aromatic N) is 3. The zero-order valence-corrected chi connectivity index (χ0v) is 17.8. The van der Waals surface area contributed by atoms with Gasteiger partial charge < -0.3 is 4.52 Å². The number of aryl methyl sites for hydroxylation is 2. The Hall–Kier alpha value is -3.75. The summed E-state index contributed by atoms with van der Waals surface area (Å²) in [5.74, 6) is -0.540. The standard InChI is InChI=1S/C24H19F4N3O2/c1-3-21-29-19(15-7-5-4-6-8-15)12-22(32)31(21)13-17-11-20(30-33-17)16-9-14(2)23(25)18(10-16)24(26,27)28/h4-12H,3,13H2,1-2H3. The van der Waals surface area contributed by atoms with Crippen LogP contribution in [0, 0.1) is 12.7 Å². The number of hydrogen-bond acceptors (Lipinski definition) is 4. The first-order valence-electron chi connectivity index (χ1n) is 10.2. The van der Waals surface area contributed by atoms with E-state index in [1.165, 1.54) is 29.7 Å². The average Bonchev–Trinajstić information content (AvgIpc) is 3.25. The fourth-order valence-electron chi connectivity index (χ4n) is 3.55. The molecule has 0 N–H and O–H groups in total. The van der Waals surface area contributed by atoms with Gasteiger partial charge in [0.1, 0.15) is 17.3 Å². The summed E-state index contributed by atoms with van der Waals surface area (Å²) in [5.41, 5.74) is -0.285. The van der Waals surface area contributed by atoms with Gasteiger partial charge in [0.05, 0.1) is 17.8 Å². The van der Waals surface area contributed by atoms with Crippen LogP contribution >= 0.6 is 0 Å². The lowest BCUT2D eigenvalue weighted by Crippen LogP contribution is -2.25. The van der Waals surface area contributed by atoms with Gasteiger partial charge in [0.2, 0.25) is 0 Å². The Morgan fingerprint density at radius 1 is 1.00 bits per heavy atom. The van der Waals surface area contributed by atoms with Crippen LogP contribution in [0.1, 0.15) is 29.6 Å². The molecule has 4 aromatic rings. The molecule has 0 unspecified atom stereocenters. The molecule has 0 radical (unpaired) electrons. The van der Waals surface area contributed by atoms with Crippen molar-refractivity contribution < 1.29 is 22.1 Å². The molecule has 0 amide bonds. The molecule has 2 aromatic heterocycles. The Morgan fingerprint density at radius 3 is 2.39 bits per heavy atom. The zero-order chi connectivity index (χ0) is 23.8. The van der Waals surface area contributed by atoms with E-state index in [-0.39, 0.29) is 34.7 Å². The molecule has 0 saturated heterocycles. The van der Waals surface area contributed by atoms with Crippen LogP contribution in [0.3, 0.4) is 0 Å². The quantitative estimate of drug-likeness (QED) is 0.364. The SMILES string of the molecule is CCc1nc(-c2ccccc2)cc(=O)n1Cc1cc(-c2cc(C)c(F)c(C(F)(F)F)c2)no1. The first-order chi connectivity index (χ1) is 15.7. The number of halogens is 4. The predicted octanol–water partition coefficient (Wildman–Crippen LogP) is 5.64. The maximum atomic E-state index is 14.0. The van der Waals surface area contributed by atoms with Gasteiger partial charge in [-0.05, 0) is 24.6 Å². The molecule has 0 spiro atoms. The third-order valence-corrected chi connectivity index (χ3v) is 5.20. The van der Waals surface area contributed by atoms with E-state index in [1.54, 1.807) is 0 Å². The molecule has 33 heavy (non-hydrogen) atoms. The Labute approximate surface area is 186 Å². The topological polar surface area (TPSA) is 60.9 Å². The summed E-state index contributed by atoms with van der Waals surface area (Å²) >= 11 is 0. The van der Waals surface area contributed by atoms with Crippen LogP contribution in [-0.4, -0.2) is 14.7 Å². The molecule has 2 aromatic carbocycles. The maximum absolute atomic E-state index is 14.0. The van der Waals surface area contributed by atoms with E-state index in [2.05, 4.69) is 10.1 Å². The minimum atomic E-state index is -4.84. The first-order valence-corrected chi connectivity index (χ1v) is 10.2. The average molecular weight is 457 g/mol. The summed E-state index contributed by atoms with van der Waals surface area (Å²) in [5, 5.41) is 3.83. The van der Waals surface area contributed by atoms with E-state index >= 15 is 0 Å². The predicted molar refractivity (Wildman–Crippen MR) is 114 cm³/mol. The van der Waals surface area contributed by atoms with E-state index < -0.39 is 17.6 Å². The number of hydrogen-bond donors (Lipinski definition) is 0. The molecule has 0 aliphatic rings. The van der Waals surface area contributed by atoms with Gasteiger partial charge >= 0.3 is 6.18 Å². The molecule has 0 aliphatic heterocycles. The van der Waals surface area contributed by atoms with Crippen LogP contribution in [0.15, 0.2) is 63.9 Å². The largest absolute Gasteiger partial charge is 0.419 e. The summed E-state index contributed by atoms with van der Waals surface area (Å²) in [4.78, 5) is 17.4. The lowest BCUT2D eigenvalue weighted by atomic mass is 10.0. The molecule has 5 nitrogen and oxygen atoms in total.